The van der Waals surface area contributed by atoms with Gasteiger partial charge < -0.3 is 5.32 Å². The number of sulfone groups is 1. The largest absolute Gasteiger partial charge is 0.311 e. The second-order valence-corrected chi connectivity index (χ2v) is 8.24. The van der Waals surface area contributed by atoms with Crippen LogP contribution in [0.1, 0.15) is 25.6 Å². The highest BCUT2D eigenvalue weighted by Crippen LogP contribution is 2.09. The zero-order chi connectivity index (χ0) is 12.9. The van der Waals surface area contributed by atoms with E-state index in [2.05, 4.69) is 5.32 Å². The molecular weight excluding hydrogens is 254 g/mol. The Bertz CT molecular complexity index is 410. The molecule has 5 heteroatoms. The van der Waals surface area contributed by atoms with Gasteiger partial charge in [0, 0.05) is 18.0 Å². The lowest BCUT2D eigenvalue weighted by Gasteiger charge is -2.15. The second kappa shape index (κ2) is 6.52. The molecule has 1 atom stereocenters. The topological polar surface area (TPSA) is 46.2 Å². The Morgan fingerprint density at radius 3 is 2.59 bits per heavy atom. The standard InChI is InChI=1S/C12H21NO2S2/c1-10(2)9-17(14,15)11(3)7-13-8-12-5-4-6-16-12/h4-6,10-11,13H,7-9H2,1-3H3. The van der Waals surface area contributed by atoms with E-state index >= 15 is 0 Å². The first-order valence-electron chi connectivity index (χ1n) is 5.86. The van der Waals surface area contributed by atoms with Crippen LogP contribution in [0.3, 0.4) is 0 Å². The number of nitrogens with one attached hydrogen (secondary N) is 1. The van der Waals surface area contributed by atoms with Crippen molar-refractivity contribution >= 4 is 21.2 Å². The van der Waals surface area contributed by atoms with Crippen molar-refractivity contribution in [1.29, 1.82) is 0 Å². The number of hydrogen-bond acceptors (Lipinski definition) is 4. The predicted molar refractivity (Wildman–Crippen MR) is 74.1 cm³/mol. The molecule has 0 spiro atoms. The molecule has 0 bridgehead atoms. The third-order valence-corrected chi connectivity index (χ3v) is 5.89. The first-order chi connectivity index (χ1) is 7.92. The highest BCUT2D eigenvalue weighted by molar-refractivity contribution is 7.92. The maximum Gasteiger partial charge on any atom is 0.154 e. The molecule has 0 radical (unpaired) electrons. The molecule has 0 aliphatic heterocycles. The summed E-state index contributed by atoms with van der Waals surface area (Å²) in [6.07, 6.45) is 0. The van der Waals surface area contributed by atoms with E-state index in [1.807, 2.05) is 31.4 Å². The van der Waals surface area contributed by atoms with Crippen molar-refractivity contribution in [2.75, 3.05) is 12.3 Å². The Labute approximate surface area is 108 Å². The third kappa shape index (κ3) is 5.19. The minimum Gasteiger partial charge on any atom is -0.311 e. The summed E-state index contributed by atoms with van der Waals surface area (Å²) in [6, 6.07) is 4.05. The first-order valence-corrected chi connectivity index (χ1v) is 8.46. The molecule has 1 N–H and O–H groups in total. The van der Waals surface area contributed by atoms with Gasteiger partial charge in [-0.1, -0.05) is 19.9 Å². The molecule has 1 aromatic heterocycles. The Hall–Kier alpha value is -0.390. The van der Waals surface area contributed by atoms with E-state index in [-0.39, 0.29) is 16.9 Å². The van der Waals surface area contributed by atoms with Gasteiger partial charge >= 0.3 is 0 Å². The molecule has 1 rings (SSSR count). The van der Waals surface area contributed by atoms with Crippen molar-refractivity contribution < 1.29 is 8.42 Å². The molecule has 3 nitrogen and oxygen atoms in total. The van der Waals surface area contributed by atoms with E-state index in [1.165, 1.54) is 4.88 Å². The van der Waals surface area contributed by atoms with Gasteiger partial charge in [-0.25, -0.2) is 8.42 Å². The van der Waals surface area contributed by atoms with Gasteiger partial charge in [0.1, 0.15) is 0 Å². The lowest BCUT2D eigenvalue weighted by Crippen LogP contribution is -2.33. The normalized spacial score (nSPS) is 14.1. The molecule has 98 valence electrons. The van der Waals surface area contributed by atoms with Crippen LogP contribution in [0.15, 0.2) is 17.5 Å². The Morgan fingerprint density at radius 2 is 2.06 bits per heavy atom. The summed E-state index contributed by atoms with van der Waals surface area (Å²) in [7, 11) is -2.96. The molecule has 0 aromatic carbocycles. The predicted octanol–water partition coefficient (Wildman–Crippen LogP) is 2.30. The average molecular weight is 275 g/mol. The lowest BCUT2D eigenvalue weighted by molar-refractivity contribution is 0.560. The second-order valence-electron chi connectivity index (χ2n) is 4.74. The number of rotatable bonds is 7. The molecular formula is C12H21NO2S2. The highest BCUT2D eigenvalue weighted by Gasteiger charge is 2.21. The van der Waals surface area contributed by atoms with Crippen LogP contribution in [0, 0.1) is 5.92 Å². The highest BCUT2D eigenvalue weighted by atomic mass is 32.2. The van der Waals surface area contributed by atoms with E-state index in [0.717, 1.165) is 6.54 Å². The molecule has 1 aromatic rings. The zero-order valence-corrected chi connectivity index (χ0v) is 12.3. The van der Waals surface area contributed by atoms with Crippen molar-refractivity contribution in [2.45, 2.75) is 32.6 Å². The fourth-order valence-corrected chi connectivity index (χ4v) is 3.87. The van der Waals surface area contributed by atoms with Gasteiger partial charge in [-0.15, -0.1) is 11.3 Å². The van der Waals surface area contributed by atoms with E-state index in [0.29, 0.717) is 6.54 Å². The van der Waals surface area contributed by atoms with Crippen molar-refractivity contribution in [2.24, 2.45) is 5.92 Å². The van der Waals surface area contributed by atoms with Crippen molar-refractivity contribution in [3.8, 4) is 0 Å². The summed E-state index contributed by atoms with van der Waals surface area (Å²) in [5.74, 6) is 0.467. The van der Waals surface area contributed by atoms with Gasteiger partial charge in [-0.3, -0.25) is 0 Å². The van der Waals surface area contributed by atoms with E-state index in [1.54, 1.807) is 18.3 Å². The van der Waals surface area contributed by atoms with E-state index < -0.39 is 9.84 Å². The summed E-state index contributed by atoms with van der Waals surface area (Å²) >= 11 is 1.68. The maximum absolute atomic E-state index is 11.9. The fourth-order valence-electron chi connectivity index (χ4n) is 1.57. The van der Waals surface area contributed by atoms with Gasteiger partial charge in [0.15, 0.2) is 9.84 Å². The van der Waals surface area contributed by atoms with Gasteiger partial charge in [-0.2, -0.15) is 0 Å². The molecule has 0 aliphatic carbocycles. The minimum absolute atomic E-state index is 0.194. The molecule has 0 amide bonds. The maximum atomic E-state index is 11.9. The molecule has 0 saturated carbocycles. The summed E-state index contributed by atoms with van der Waals surface area (Å²) in [4.78, 5) is 1.23. The first kappa shape index (κ1) is 14.7. The van der Waals surface area contributed by atoms with E-state index in [9.17, 15) is 8.42 Å². The Balaban J connectivity index is 2.36. The van der Waals surface area contributed by atoms with Crippen LogP contribution in [0.25, 0.3) is 0 Å². The van der Waals surface area contributed by atoms with Crippen LogP contribution in [-0.4, -0.2) is 26.0 Å². The summed E-state index contributed by atoms with van der Waals surface area (Å²) in [5.41, 5.74) is 0. The smallest absolute Gasteiger partial charge is 0.154 e. The minimum atomic E-state index is -2.96. The fraction of sp³-hybridized carbons (Fsp3) is 0.667. The monoisotopic (exact) mass is 275 g/mol. The van der Waals surface area contributed by atoms with Gasteiger partial charge in [-0.05, 0) is 24.3 Å². The SMILES string of the molecule is CC(C)CS(=O)(=O)C(C)CNCc1cccs1. The van der Waals surface area contributed by atoms with E-state index in [4.69, 9.17) is 0 Å². The average Bonchev–Trinajstić information content (AvgIpc) is 2.68. The molecule has 17 heavy (non-hydrogen) atoms. The Kier molecular flexibility index (Phi) is 5.62. The molecule has 1 heterocycles. The number of thiophene rings is 1. The third-order valence-electron chi connectivity index (χ3n) is 2.49. The van der Waals surface area contributed by atoms with Crippen LogP contribution < -0.4 is 5.32 Å². The summed E-state index contributed by atoms with van der Waals surface area (Å²) < 4.78 is 23.8. The van der Waals surface area contributed by atoms with Crippen molar-refractivity contribution in [1.82, 2.24) is 5.32 Å². The Morgan fingerprint density at radius 1 is 1.35 bits per heavy atom. The summed E-state index contributed by atoms with van der Waals surface area (Å²) in [5, 5.41) is 4.91. The van der Waals surface area contributed by atoms with Crippen LogP contribution in [0.4, 0.5) is 0 Å². The quantitative estimate of drug-likeness (QED) is 0.830. The number of hydrogen-bond donors (Lipinski definition) is 1. The zero-order valence-electron chi connectivity index (χ0n) is 10.6. The van der Waals surface area contributed by atoms with Crippen molar-refractivity contribution in [3.63, 3.8) is 0 Å². The van der Waals surface area contributed by atoms with Crippen molar-refractivity contribution in [3.05, 3.63) is 22.4 Å². The van der Waals surface area contributed by atoms with Gasteiger partial charge in [0.2, 0.25) is 0 Å². The van der Waals surface area contributed by atoms with Gasteiger partial charge in [0.25, 0.3) is 0 Å². The summed E-state index contributed by atoms with van der Waals surface area (Å²) in [6.45, 7) is 6.91. The van der Waals surface area contributed by atoms with Crippen LogP contribution >= 0.6 is 11.3 Å². The molecule has 0 fully saturated rings. The van der Waals surface area contributed by atoms with Crippen LogP contribution in [0.2, 0.25) is 0 Å². The molecule has 1 unspecified atom stereocenters. The van der Waals surface area contributed by atoms with Crippen LogP contribution in [-0.2, 0) is 16.4 Å². The van der Waals surface area contributed by atoms with Crippen LogP contribution in [0.5, 0.6) is 0 Å². The lowest BCUT2D eigenvalue weighted by atomic mass is 10.3. The molecule has 0 aliphatic rings. The van der Waals surface area contributed by atoms with Gasteiger partial charge in [0.05, 0.1) is 11.0 Å². The molecule has 0 saturated heterocycles.